The number of fused-ring (bicyclic) bond motifs is 1. The van der Waals surface area contributed by atoms with Crippen molar-refractivity contribution in [2.24, 2.45) is 0 Å². The Labute approximate surface area is 112 Å². The fourth-order valence-corrected chi connectivity index (χ4v) is 2.06. The zero-order valence-corrected chi connectivity index (χ0v) is 11.3. The lowest BCUT2D eigenvalue weighted by Gasteiger charge is -2.17. The van der Waals surface area contributed by atoms with Crippen molar-refractivity contribution in [2.75, 3.05) is 13.4 Å². The van der Waals surface area contributed by atoms with Crippen LogP contribution < -0.4 is 9.47 Å². The van der Waals surface area contributed by atoms with Crippen molar-refractivity contribution in [3.05, 3.63) is 23.3 Å². The summed E-state index contributed by atoms with van der Waals surface area (Å²) in [5, 5.41) is 10.1. The van der Waals surface area contributed by atoms with Crippen molar-refractivity contribution in [1.29, 1.82) is 0 Å². The predicted molar refractivity (Wildman–Crippen MR) is 68.2 cm³/mol. The molecule has 1 unspecified atom stereocenters. The number of hydrogen-bond donors (Lipinski definition) is 1. The van der Waals surface area contributed by atoms with Crippen LogP contribution in [0.4, 0.5) is 0 Å². The molecule has 1 heterocycles. The number of hydrogen-bond acceptors (Lipinski definition) is 5. The fourth-order valence-electron chi connectivity index (χ4n) is 2.06. The molecule has 1 N–H and O–H groups in total. The van der Waals surface area contributed by atoms with E-state index in [0.717, 1.165) is 5.56 Å². The first-order chi connectivity index (χ1) is 9.04. The Morgan fingerprint density at radius 3 is 2.42 bits per heavy atom. The molecule has 0 radical (unpaired) electrons. The Kier molecular flexibility index (Phi) is 3.95. The number of aliphatic hydroxyl groups excluding tert-OH is 1. The molecule has 2 rings (SSSR count). The van der Waals surface area contributed by atoms with Gasteiger partial charge in [-0.25, -0.2) is 4.79 Å². The molecule has 104 valence electrons. The van der Waals surface area contributed by atoms with Crippen molar-refractivity contribution in [1.82, 2.24) is 0 Å². The lowest BCUT2D eigenvalue weighted by Crippen LogP contribution is -2.17. The molecule has 0 aliphatic carbocycles. The van der Waals surface area contributed by atoms with E-state index in [2.05, 4.69) is 0 Å². The van der Waals surface area contributed by atoms with Gasteiger partial charge in [0.2, 0.25) is 6.79 Å². The minimum Gasteiger partial charge on any atom is -0.464 e. The van der Waals surface area contributed by atoms with Gasteiger partial charge in [0, 0.05) is 0 Å². The van der Waals surface area contributed by atoms with Crippen LogP contribution in [0.1, 0.15) is 43.9 Å². The number of aliphatic hydroxyl groups is 1. The van der Waals surface area contributed by atoms with Gasteiger partial charge in [0.05, 0.1) is 6.61 Å². The normalized spacial score (nSPS) is 14.6. The van der Waals surface area contributed by atoms with E-state index in [1.807, 2.05) is 19.9 Å². The second-order valence-electron chi connectivity index (χ2n) is 4.64. The van der Waals surface area contributed by atoms with E-state index in [9.17, 15) is 9.90 Å². The summed E-state index contributed by atoms with van der Waals surface area (Å²) in [6.07, 6.45) is -1.30. The van der Waals surface area contributed by atoms with Crippen molar-refractivity contribution < 1.29 is 24.1 Å². The van der Waals surface area contributed by atoms with Crippen LogP contribution in [-0.4, -0.2) is 24.5 Å². The van der Waals surface area contributed by atoms with Crippen LogP contribution in [0.3, 0.4) is 0 Å². The molecule has 1 aliphatic rings. The molecule has 0 spiro atoms. The largest absolute Gasteiger partial charge is 0.464 e. The van der Waals surface area contributed by atoms with Crippen LogP contribution in [0, 0.1) is 0 Å². The first kappa shape index (κ1) is 13.7. The highest BCUT2D eigenvalue weighted by atomic mass is 16.7. The van der Waals surface area contributed by atoms with Gasteiger partial charge in [-0.05, 0) is 36.1 Å². The number of benzene rings is 1. The quantitative estimate of drug-likeness (QED) is 0.846. The third-order valence-corrected chi connectivity index (χ3v) is 3.00. The molecule has 0 amide bonds. The van der Waals surface area contributed by atoms with E-state index in [1.54, 1.807) is 13.0 Å². The lowest BCUT2D eigenvalue weighted by atomic mass is 9.93. The molecule has 19 heavy (non-hydrogen) atoms. The van der Waals surface area contributed by atoms with Gasteiger partial charge in [-0.2, -0.15) is 0 Å². The SMILES string of the molecule is CCOC(=O)C(O)c1cc2c(cc1C(C)C)OCO2. The van der Waals surface area contributed by atoms with Crippen LogP contribution in [0.25, 0.3) is 0 Å². The Balaban J connectivity index is 2.40. The van der Waals surface area contributed by atoms with E-state index >= 15 is 0 Å². The Morgan fingerprint density at radius 2 is 1.89 bits per heavy atom. The Bertz CT molecular complexity index is 481. The van der Waals surface area contributed by atoms with Gasteiger partial charge >= 0.3 is 5.97 Å². The smallest absolute Gasteiger partial charge is 0.339 e. The first-order valence-electron chi connectivity index (χ1n) is 6.32. The van der Waals surface area contributed by atoms with E-state index in [0.29, 0.717) is 17.1 Å². The first-order valence-corrected chi connectivity index (χ1v) is 6.32. The van der Waals surface area contributed by atoms with Gasteiger partial charge in [0.15, 0.2) is 17.6 Å². The fraction of sp³-hybridized carbons (Fsp3) is 0.500. The standard InChI is InChI=1S/C14H18O5/c1-4-17-14(16)13(15)10-6-12-11(18-7-19-12)5-9(10)8(2)3/h5-6,8,13,15H,4,7H2,1-3H3. The number of ether oxygens (including phenoxy) is 3. The van der Waals surface area contributed by atoms with E-state index in [-0.39, 0.29) is 19.3 Å². The topological polar surface area (TPSA) is 65.0 Å². The molecule has 0 fully saturated rings. The van der Waals surface area contributed by atoms with E-state index in [1.165, 1.54) is 0 Å². The summed E-state index contributed by atoms with van der Waals surface area (Å²) in [6.45, 7) is 6.06. The summed E-state index contributed by atoms with van der Waals surface area (Å²) in [4.78, 5) is 11.7. The number of carbonyl (C=O) groups is 1. The maximum absolute atomic E-state index is 11.7. The van der Waals surface area contributed by atoms with Crippen LogP contribution in [0.2, 0.25) is 0 Å². The summed E-state index contributed by atoms with van der Waals surface area (Å²) in [6, 6.07) is 3.46. The number of esters is 1. The van der Waals surface area contributed by atoms with Crippen molar-refractivity contribution in [3.8, 4) is 11.5 Å². The number of carbonyl (C=O) groups excluding carboxylic acids is 1. The zero-order valence-electron chi connectivity index (χ0n) is 11.3. The van der Waals surface area contributed by atoms with Gasteiger partial charge in [-0.15, -0.1) is 0 Å². The molecular formula is C14H18O5. The highest BCUT2D eigenvalue weighted by Crippen LogP contribution is 2.39. The highest BCUT2D eigenvalue weighted by Gasteiger charge is 2.26. The molecule has 1 atom stereocenters. The second kappa shape index (κ2) is 5.48. The van der Waals surface area contributed by atoms with Gasteiger partial charge in [-0.1, -0.05) is 13.8 Å². The van der Waals surface area contributed by atoms with Crippen LogP contribution in [0.15, 0.2) is 12.1 Å². The Morgan fingerprint density at radius 1 is 1.32 bits per heavy atom. The molecule has 5 nitrogen and oxygen atoms in total. The summed E-state index contributed by atoms with van der Waals surface area (Å²) in [7, 11) is 0. The molecule has 0 aromatic heterocycles. The zero-order chi connectivity index (χ0) is 14.0. The van der Waals surface area contributed by atoms with Gasteiger partial charge < -0.3 is 19.3 Å². The molecule has 5 heteroatoms. The van der Waals surface area contributed by atoms with Crippen molar-refractivity contribution in [3.63, 3.8) is 0 Å². The summed E-state index contributed by atoms with van der Waals surface area (Å²) in [5.74, 6) is 0.683. The van der Waals surface area contributed by atoms with Crippen LogP contribution in [-0.2, 0) is 9.53 Å². The lowest BCUT2D eigenvalue weighted by molar-refractivity contribution is -0.153. The Hall–Kier alpha value is -1.75. The van der Waals surface area contributed by atoms with Crippen molar-refractivity contribution >= 4 is 5.97 Å². The predicted octanol–water partition coefficient (Wildman–Crippen LogP) is 2.14. The second-order valence-corrected chi connectivity index (χ2v) is 4.64. The minimum absolute atomic E-state index is 0.147. The maximum Gasteiger partial charge on any atom is 0.339 e. The summed E-state index contributed by atoms with van der Waals surface area (Å²) < 4.78 is 15.4. The van der Waals surface area contributed by atoms with Crippen LogP contribution in [0.5, 0.6) is 11.5 Å². The van der Waals surface area contributed by atoms with E-state index < -0.39 is 12.1 Å². The average molecular weight is 266 g/mol. The number of rotatable bonds is 4. The molecule has 0 saturated carbocycles. The van der Waals surface area contributed by atoms with Crippen molar-refractivity contribution in [2.45, 2.75) is 32.8 Å². The average Bonchev–Trinajstić information content (AvgIpc) is 2.83. The summed E-state index contributed by atoms with van der Waals surface area (Å²) >= 11 is 0. The monoisotopic (exact) mass is 266 g/mol. The third-order valence-electron chi connectivity index (χ3n) is 3.00. The molecule has 0 bridgehead atoms. The van der Waals surface area contributed by atoms with Gasteiger partial charge in [0.25, 0.3) is 0 Å². The van der Waals surface area contributed by atoms with E-state index in [4.69, 9.17) is 14.2 Å². The third kappa shape index (κ3) is 2.66. The molecule has 1 aromatic rings. The maximum atomic E-state index is 11.7. The molecule has 1 aliphatic heterocycles. The molecule has 0 saturated heterocycles. The molecular weight excluding hydrogens is 248 g/mol. The highest BCUT2D eigenvalue weighted by molar-refractivity contribution is 5.77. The van der Waals surface area contributed by atoms with Gasteiger partial charge in [-0.3, -0.25) is 0 Å². The minimum atomic E-state index is -1.30. The molecule has 1 aromatic carbocycles. The van der Waals surface area contributed by atoms with Gasteiger partial charge in [0.1, 0.15) is 0 Å². The van der Waals surface area contributed by atoms with Crippen LogP contribution >= 0.6 is 0 Å². The summed E-state index contributed by atoms with van der Waals surface area (Å²) in [5.41, 5.74) is 1.36.